The van der Waals surface area contributed by atoms with Gasteiger partial charge in [-0.3, -0.25) is 9.48 Å². The van der Waals surface area contributed by atoms with Crippen molar-refractivity contribution in [3.8, 4) is 5.95 Å². The number of aliphatic hydroxyl groups excluding tert-OH is 1. The van der Waals surface area contributed by atoms with Gasteiger partial charge in [-0.05, 0) is 51.3 Å². The first-order valence-corrected chi connectivity index (χ1v) is 10.8. The van der Waals surface area contributed by atoms with Crippen LogP contribution in [0.15, 0.2) is 30.3 Å². The van der Waals surface area contributed by atoms with Gasteiger partial charge in [0.1, 0.15) is 17.3 Å². The van der Waals surface area contributed by atoms with Crippen molar-refractivity contribution >= 4 is 16.9 Å². The molecule has 3 N–H and O–H groups in total. The number of benzene rings is 1. The van der Waals surface area contributed by atoms with Crippen LogP contribution in [0.25, 0.3) is 17.0 Å². The van der Waals surface area contributed by atoms with Crippen molar-refractivity contribution in [1.82, 2.24) is 39.8 Å². The fraction of sp³-hybridized carbons (Fsp3) is 0.409. The lowest BCUT2D eigenvalue weighted by Gasteiger charge is -2.33. The topological polar surface area (TPSA) is 127 Å². The molecule has 3 aromatic heterocycles. The van der Waals surface area contributed by atoms with Crippen LogP contribution in [0.4, 0.5) is 0 Å². The number of aliphatic hydroxyl groups is 1. The summed E-state index contributed by atoms with van der Waals surface area (Å²) in [6.07, 6.45) is 1.25. The summed E-state index contributed by atoms with van der Waals surface area (Å²) in [6.45, 7) is 3.69. The average molecular weight is 435 g/mol. The van der Waals surface area contributed by atoms with Crippen LogP contribution < -0.4 is 5.32 Å². The SMILES string of the molecule is Cc1cc(C(=O)N[C@@H]2C[C@@H](c3nc(C)nn3-c3nc4ccccc4[nH]3)CC[C@H]2O)n(C)n1. The van der Waals surface area contributed by atoms with Gasteiger partial charge in [-0.1, -0.05) is 12.1 Å². The molecule has 0 aliphatic heterocycles. The minimum atomic E-state index is -0.617. The maximum absolute atomic E-state index is 12.8. The smallest absolute Gasteiger partial charge is 0.269 e. The Labute approximate surface area is 184 Å². The molecule has 1 amide bonds. The van der Waals surface area contributed by atoms with Crippen LogP contribution >= 0.6 is 0 Å². The molecule has 1 aromatic carbocycles. The Morgan fingerprint density at radius 2 is 2.00 bits per heavy atom. The number of carbonyl (C=O) groups excluding carboxylic acids is 1. The van der Waals surface area contributed by atoms with E-state index in [2.05, 4.69) is 30.5 Å². The first-order chi connectivity index (χ1) is 15.4. The Balaban J connectivity index is 1.41. The second kappa shape index (κ2) is 7.86. The van der Waals surface area contributed by atoms with Gasteiger partial charge in [0.2, 0.25) is 5.95 Å². The number of nitrogens with one attached hydrogen (secondary N) is 2. The largest absolute Gasteiger partial charge is 0.391 e. The third-order valence-corrected chi connectivity index (χ3v) is 6.05. The highest BCUT2D eigenvalue weighted by molar-refractivity contribution is 5.92. The van der Waals surface area contributed by atoms with Crippen molar-refractivity contribution < 1.29 is 9.90 Å². The maximum atomic E-state index is 12.8. The highest BCUT2D eigenvalue weighted by Crippen LogP contribution is 2.33. The third kappa shape index (κ3) is 3.66. The number of H-pyrrole nitrogens is 1. The molecule has 0 radical (unpaired) electrons. The Morgan fingerprint density at radius 3 is 2.75 bits per heavy atom. The summed E-state index contributed by atoms with van der Waals surface area (Å²) in [5, 5.41) is 22.4. The molecule has 0 bridgehead atoms. The van der Waals surface area contributed by atoms with Crippen molar-refractivity contribution in [2.45, 2.75) is 51.2 Å². The molecule has 0 spiro atoms. The predicted molar refractivity (Wildman–Crippen MR) is 118 cm³/mol. The second-order valence-corrected chi connectivity index (χ2v) is 8.46. The summed E-state index contributed by atoms with van der Waals surface area (Å²) in [7, 11) is 1.74. The van der Waals surface area contributed by atoms with Crippen molar-refractivity contribution in [1.29, 1.82) is 0 Å². The molecular weight excluding hydrogens is 408 g/mol. The van der Waals surface area contributed by atoms with E-state index >= 15 is 0 Å². The molecule has 32 heavy (non-hydrogen) atoms. The number of para-hydroxylation sites is 2. The van der Waals surface area contributed by atoms with Crippen molar-refractivity contribution in [2.24, 2.45) is 7.05 Å². The summed E-state index contributed by atoms with van der Waals surface area (Å²) in [6, 6.07) is 9.16. The quantitative estimate of drug-likeness (QED) is 0.450. The van der Waals surface area contributed by atoms with Gasteiger partial charge in [0, 0.05) is 13.0 Å². The Hall–Kier alpha value is -3.53. The van der Waals surface area contributed by atoms with E-state index in [0.29, 0.717) is 30.3 Å². The molecule has 1 aliphatic rings. The number of carbonyl (C=O) groups is 1. The standard InChI is InChI=1S/C22H26N8O2/c1-12-10-18(29(3)27-12)21(32)24-17-11-14(8-9-19(17)31)20-23-13(2)28-30(20)22-25-15-6-4-5-7-16(15)26-22/h4-7,10,14,17,19,31H,8-9,11H2,1-3H3,(H,24,32)(H,25,26)/t14-,17+,19+/m0/s1. The minimum absolute atomic E-state index is 0.0198. The number of amides is 1. The van der Waals surface area contributed by atoms with Gasteiger partial charge >= 0.3 is 0 Å². The van der Waals surface area contributed by atoms with Crippen molar-refractivity contribution in [2.75, 3.05) is 0 Å². The van der Waals surface area contributed by atoms with E-state index in [1.807, 2.05) is 38.1 Å². The van der Waals surface area contributed by atoms with E-state index in [-0.39, 0.29) is 11.8 Å². The Morgan fingerprint density at radius 1 is 1.19 bits per heavy atom. The van der Waals surface area contributed by atoms with E-state index in [9.17, 15) is 9.90 Å². The van der Waals surface area contributed by atoms with Gasteiger partial charge in [0.15, 0.2) is 0 Å². The molecule has 1 fully saturated rings. The summed E-state index contributed by atoms with van der Waals surface area (Å²) in [5.74, 6) is 1.82. The zero-order valence-corrected chi connectivity index (χ0v) is 18.3. The number of aryl methyl sites for hydroxylation is 3. The number of nitrogens with zero attached hydrogens (tertiary/aromatic N) is 6. The highest BCUT2D eigenvalue weighted by atomic mass is 16.3. The van der Waals surface area contributed by atoms with Crippen LogP contribution in [-0.4, -0.2) is 57.7 Å². The fourth-order valence-corrected chi connectivity index (χ4v) is 4.50. The molecule has 1 saturated carbocycles. The molecule has 0 saturated heterocycles. The molecule has 3 heterocycles. The zero-order chi connectivity index (χ0) is 22.4. The van der Waals surface area contributed by atoms with E-state index in [4.69, 9.17) is 0 Å². The van der Waals surface area contributed by atoms with Crippen molar-refractivity contribution in [3.63, 3.8) is 0 Å². The fourth-order valence-electron chi connectivity index (χ4n) is 4.50. The highest BCUT2D eigenvalue weighted by Gasteiger charge is 2.34. The Bertz CT molecular complexity index is 1250. The average Bonchev–Trinajstić information content (AvgIpc) is 3.45. The number of aromatic nitrogens is 7. The second-order valence-electron chi connectivity index (χ2n) is 8.46. The molecule has 10 nitrogen and oxygen atoms in total. The minimum Gasteiger partial charge on any atom is -0.391 e. The molecule has 1 aliphatic carbocycles. The number of fused-ring (bicyclic) bond motifs is 1. The van der Waals surface area contributed by atoms with Gasteiger partial charge in [0.05, 0.1) is 28.9 Å². The first-order valence-electron chi connectivity index (χ1n) is 10.8. The number of hydrogen-bond acceptors (Lipinski definition) is 6. The van der Waals surface area contributed by atoms with Crippen LogP contribution in [-0.2, 0) is 7.05 Å². The summed E-state index contributed by atoms with van der Waals surface area (Å²) in [5.41, 5.74) is 3.03. The molecule has 3 atom stereocenters. The number of hydrogen-bond donors (Lipinski definition) is 3. The predicted octanol–water partition coefficient (Wildman–Crippen LogP) is 1.92. The van der Waals surface area contributed by atoms with Crippen LogP contribution in [0, 0.1) is 13.8 Å². The van der Waals surface area contributed by atoms with Gasteiger partial charge < -0.3 is 15.4 Å². The lowest BCUT2D eigenvalue weighted by Crippen LogP contribution is -2.47. The van der Waals surface area contributed by atoms with E-state index < -0.39 is 12.1 Å². The van der Waals surface area contributed by atoms with E-state index in [1.165, 1.54) is 0 Å². The zero-order valence-electron chi connectivity index (χ0n) is 18.3. The Kier molecular flexibility index (Phi) is 5.01. The molecule has 10 heteroatoms. The van der Waals surface area contributed by atoms with Crippen molar-refractivity contribution in [3.05, 3.63) is 53.4 Å². The lowest BCUT2D eigenvalue weighted by atomic mass is 9.83. The molecule has 5 rings (SSSR count). The molecule has 166 valence electrons. The molecular formula is C22H26N8O2. The number of rotatable bonds is 4. The summed E-state index contributed by atoms with van der Waals surface area (Å²) >= 11 is 0. The van der Waals surface area contributed by atoms with Gasteiger partial charge in [-0.25, -0.2) is 9.97 Å². The lowest BCUT2D eigenvalue weighted by molar-refractivity contribution is 0.0664. The number of imidazole rings is 1. The van der Waals surface area contributed by atoms with Crippen LogP contribution in [0.3, 0.4) is 0 Å². The maximum Gasteiger partial charge on any atom is 0.269 e. The summed E-state index contributed by atoms with van der Waals surface area (Å²) < 4.78 is 3.31. The van der Waals surface area contributed by atoms with E-state index in [1.54, 1.807) is 22.5 Å². The monoisotopic (exact) mass is 434 g/mol. The van der Waals surface area contributed by atoms with Crippen LogP contribution in [0.1, 0.15) is 53.0 Å². The third-order valence-electron chi connectivity index (χ3n) is 6.05. The molecule has 4 aromatic rings. The first kappa shape index (κ1) is 20.4. The normalized spacial score (nSPS) is 21.2. The van der Waals surface area contributed by atoms with E-state index in [0.717, 1.165) is 29.0 Å². The van der Waals surface area contributed by atoms with Crippen LogP contribution in [0.2, 0.25) is 0 Å². The number of aromatic amines is 1. The molecule has 0 unspecified atom stereocenters. The van der Waals surface area contributed by atoms with Gasteiger partial charge in [-0.15, -0.1) is 5.10 Å². The summed E-state index contributed by atoms with van der Waals surface area (Å²) in [4.78, 5) is 25.4. The van der Waals surface area contributed by atoms with Crippen LogP contribution in [0.5, 0.6) is 0 Å². The van der Waals surface area contributed by atoms with Gasteiger partial charge in [0.25, 0.3) is 5.91 Å². The van der Waals surface area contributed by atoms with Gasteiger partial charge in [-0.2, -0.15) is 9.78 Å².